The molecular formula is C14H15N3. The lowest BCUT2D eigenvalue weighted by atomic mass is 9.86. The van der Waals surface area contributed by atoms with Crippen LogP contribution in [-0.4, -0.2) is 0 Å². The van der Waals surface area contributed by atoms with Gasteiger partial charge in [0.2, 0.25) is 0 Å². The molecule has 1 rings (SSSR count). The molecule has 0 amide bonds. The molecule has 1 aromatic rings. The van der Waals surface area contributed by atoms with Gasteiger partial charge in [0.05, 0.1) is 0 Å². The van der Waals surface area contributed by atoms with Gasteiger partial charge < -0.3 is 5.32 Å². The normalized spacial score (nSPS) is 9.94. The minimum Gasteiger partial charge on any atom is -0.360 e. The molecule has 0 aromatic heterocycles. The average molecular weight is 225 g/mol. The first kappa shape index (κ1) is 12.8. The topological polar surface area (TPSA) is 59.6 Å². The van der Waals surface area contributed by atoms with Crippen molar-refractivity contribution in [1.29, 1.82) is 10.5 Å². The van der Waals surface area contributed by atoms with Crippen molar-refractivity contribution >= 4 is 5.69 Å². The summed E-state index contributed by atoms with van der Waals surface area (Å²) in [4.78, 5) is 0. The van der Waals surface area contributed by atoms with Gasteiger partial charge in [-0.25, -0.2) is 0 Å². The predicted molar refractivity (Wildman–Crippen MR) is 68.1 cm³/mol. The van der Waals surface area contributed by atoms with E-state index in [0.29, 0.717) is 0 Å². The number of allylic oxidation sites excluding steroid dienone is 1. The molecule has 0 aliphatic carbocycles. The summed E-state index contributed by atoms with van der Waals surface area (Å²) in [7, 11) is 0. The SMILES string of the molecule is CC(C)(C)c1ccccc1NC=C(C#N)C#N. The van der Waals surface area contributed by atoms with Crippen molar-refractivity contribution in [1.82, 2.24) is 0 Å². The minimum absolute atomic E-state index is 0.0108. The van der Waals surface area contributed by atoms with Gasteiger partial charge >= 0.3 is 0 Å². The molecule has 1 aromatic carbocycles. The van der Waals surface area contributed by atoms with Gasteiger partial charge in [0.25, 0.3) is 0 Å². The third kappa shape index (κ3) is 3.36. The Morgan fingerprint density at radius 3 is 2.29 bits per heavy atom. The summed E-state index contributed by atoms with van der Waals surface area (Å²) in [5.74, 6) is 0. The molecule has 0 bridgehead atoms. The van der Waals surface area contributed by atoms with Crippen LogP contribution in [-0.2, 0) is 5.41 Å². The molecule has 0 heterocycles. The molecule has 0 atom stereocenters. The standard InChI is InChI=1S/C14H15N3/c1-14(2,3)12-6-4-5-7-13(12)17-10-11(8-15)9-16/h4-7,10,17H,1-3H3. The molecule has 17 heavy (non-hydrogen) atoms. The van der Waals surface area contributed by atoms with E-state index in [1.165, 1.54) is 6.20 Å². The fourth-order valence-electron chi connectivity index (χ4n) is 1.50. The molecule has 86 valence electrons. The second kappa shape index (κ2) is 5.18. The van der Waals surface area contributed by atoms with Gasteiger partial charge in [-0.3, -0.25) is 0 Å². The molecule has 0 unspecified atom stereocenters. The maximum Gasteiger partial charge on any atom is 0.145 e. The van der Waals surface area contributed by atoms with Crippen molar-refractivity contribution in [3.63, 3.8) is 0 Å². The van der Waals surface area contributed by atoms with Crippen LogP contribution >= 0.6 is 0 Å². The number of nitrogens with zero attached hydrogens (tertiary/aromatic N) is 2. The van der Waals surface area contributed by atoms with Crippen LogP contribution in [0.1, 0.15) is 26.3 Å². The third-order valence-corrected chi connectivity index (χ3v) is 2.35. The quantitative estimate of drug-likeness (QED) is 0.785. The van der Waals surface area contributed by atoms with Gasteiger partial charge in [-0.05, 0) is 17.0 Å². The van der Waals surface area contributed by atoms with Crippen LogP contribution in [0, 0.1) is 22.7 Å². The highest BCUT2D eigenvalue weighted by atomic mass is 14.8. The molecule has 0 fully saturated rings. The number of anilines is 1. The zero-order chi connectivity index (χ0) is 12.9. The molecule has 0 aliphatic rings. The number of nitrogens with one attached hydrogen (secondary N) is 1. The lowest BCUT2D eigenvalue weighted by Gasteiger charge is -2.22. The van der Waals surface area contributed by atoms with Crippen molar-refractivity contribution < 1.29 is 0 Å². The Bertz CT molecular complexity index is 491. The van der Waals surface area contributed by atoms with Crippen molar-refractivity contribution in [3.8, 4) is 12.1 Å². The molecule has 0 aliphatic heterocycles. The summed E-state index contributed by atoms with van der Waals surface area (Å²) in [6.07, 6.45) is 1.44. The van der Waals surface area contributed by atoms with Gasteiger partial charge in [0.1, 0.15) is 17.7 Å². The Morgan fingerprint density at radius 1 is 1.18 bits per heavy atom. The van der Waals surface area contributed by atoms with Crippen molar-refractivity contribution in [2.75, 3.05) is 5.32 Å². The van der Waals surface area contributed by atoms with E-state index in [1.807, 2.05) is 36.4 Å². The van der Waals surface area contributed by atoms with E-state index >= 15 is 0 Å². The van der Waals surface area contributed by atoms with Crippen LogP contribution < -0.4 is 5.32 Å². The number of benzene rings is 1. The van der Waals surface area contributed by atoms with Crippen LogP contribution in [0.15, 0.2) is 36.0 Å². The van der Waals surface area contributed by atoms with Crippen molar-refractivity contribution in [3.05, 3.63) is 41.6 Å². The average Bonchev–Trinajstić information content (AvgIpc) is 2.29. The van der Waals surface area contributed by atoms with Crippen LogP contribution in [0.4, 0.5) is 5.69 Å². The smallest absolute Gasteiger partial charge is 0.145 e. The van der Waals surface area contributed by atoms with Gasteiger partial charge in [0.15, 0.2) is 0 Å². The Labute approximate surface area is 102 Å². The maximum atomic E-state index is 8.65. The molecule has 0 saturated heterocycles. The second-order valence-corrected chi connectivity index (χ2v) is 4.72. The van der Waals surface area contributed by atoms with E-state index < -0.39 is 0 Å². The van der Waals surface area contributed by atoms with Gasteiger partial charge in [-0.15, -0.1) is 0 Å². The first-order valence-corrected chi connectivity index (χ1v) is 5.35. The van der Waals surface area contributed by atoms with Gasteiger partial charge in [0, 0.05) is 11.9 Å². The number of rotatable bonds is 2. The zero-order valence-electron chi connectivity index (χ0n) is 10.3. The minimum atomic E-state index is 0.0108. The molecule has 0 radical (unpaired) electrons. The van der Waals surface area contributed by atoms with Gasteiger partial charge in [-0.1, -0.05) is 39.0 Å². The van der Waals surface area contributed by atoms with E-state index in [2.05, 4.69) is 26.1 Å². The fourth-order valence-corrected chi connectivity index (χ4v) is 1.50. The van der Waals surface area contributed by atoms with E-state index in [4.69, 9.17) is 10.5 Å². The summed E-state index contributed by atoms with van der Waals surface area (Å²) < 4.78 is 0. The van der Waals surface area contributed by atoms with Crippen LogP contribution in [0.5, 0.6) is 0 Å². The van der Waals surface area contributed by atoms with E-state index in [0.717, 1.165) is 11.3 Å². The first-order valence-electron chi connectivity index (χ1n) is 5.35. The highest BCUT2D eigenvalue weighted by Gasteiger charge is 2.16. The lowest BCUT2D eigenvalue weighted by Crippen LogP contribution is -2.13. The Hall–Kier alpha value is -2.26. The number of hydrogen-bond acceptors (Lipinski definition) is 3. The highest BCUT2D eigenvalue weighted by Crippen LogP contribution is 2.29. The Kier molecular flexibility index (Phi) is 3.91. The van der Waals surface area contributed by atoms with Crippen LogP contribution in [0.25, 0.3) is 0 Å². The Morgan fingerprint density at radius 2 is 1.76 bits per heavy atom. The molecular weight excluding hydrogens is 210 g/mol. The summed E-state index contributed by atoms with van der Waals surface area (Å²) in [5.41, 5.74) is 2.14. The Balaban J connectivity index is 3.06. The fraction of sp³-hybridized carbons (Fsp3) is 0.286. The molecule has 3 heteroatoms. The monoisotopic (exact) mass is 225 g/mol. The summed E-state index contributed by atoms with van der Waals surface area (Å²) in [6, 6.07) is 11.5. The molecule has 1 N–H and O–H groups in total. The molecule has 0 saturated carbocycles. The summed E-state index contributed by atoms with van der Waals surface area (Å²) >= 11 is 0. The molecule has 3 nitrogen and oxygen atoms in total. The summed E-state index contributed by atoms with van der Waals surface area (Å²) in [5, 5.41) is 20.3. The first-order chi connectivity index (χ1) is 7.99. The van der Waals surface area contributed by atoms with Crippen molar-refractivity contribution in [2.45, 2.75) is 26.2 Å². The maximum absolute atomic E-state index is 8.65. The van der Waals surface area contributed by atoms with Crippen LogP contribution in [0.2, 0.25) is 0 Å². The predicted octanol–water partition coefficient (Wildman–Crippen LogP) is 3.33. The zero-order valence-corrected chi connectivity index (χ0v) is 10.3. The highest BCUT2D eigenvalue weighted by molar-refractivity contribution is 5.57. The summed E-state index contributed by atoms with van der Waals surface area (Å²) in [6.45, 7) is 6.35. The lowest BCUT2D eigenvalue weighted by molar-refractivity contribution is 0.592. The number of para-hydroxylation sites is 1. The van der Waals surface area contributed by atoms with Crippen LogP contribution in [0.3, 0.4) is 0 Å². The second-order valence-electron chi connectivity index (χ2n) is 4.72. The largest absolute Gasteiger partial charge is 0.360 e. The van der Waals surface area contributed by atoms with E-state index in [1.54, 1.807) is 0 Å². The number of hydrogen-bond donors (Lipinski definition) is 1. The third-order valence-electron chi connectivity index (χ3n) is 2.35. The van der Waals surface area contributed by atoms with Crippen molar-refractivity contribution in [2.24, 2.45) is 0 Å². The van der Waals surface area contributed by atoms with Gasteiger partial charge in [-0.2, -0.15) is 10.5 Å². The molecule has 0 spiro atoms. The van der Waals surface area contributed by atoms with E-state index in [9.17, 15) is 0 Å². The van der Waals surface area contributed by atoms with E-state index in [-0.39, 0.29) is 11.0 Å². The number of nitriles is 2.